The Labute approximate surface area is 132 Å². The molecule has 0 bridgehead atoms. The van der Waals surface area contributed by atoms with Gasteiger partial charge in [-0.25, -0.2) is 4.21 Å². The summed E-state index contributed by atoms with van der Waals surface area (Å²) in [7, 11) is -2.91. The second kappa shape index (κ2) is 8.53. The lowest BCUT2D eigenvalue weighted by atomic mass is 10.2. The van der Waals surface area contributed by atoms with Gasteiger partial charge in [-0.2, -0.15) is 0 Å². The number of rotatable bonds is 6. The van der Waals surface area contributed by atoms with Gasteiger partial charge in [0.1, 0.15) is 16.9 Å². The van der Waals surface area contributed by atoms with Crippen molar-refractivity contribution in [2.24, 2.45) is 0 Å². The highest BCUT2D eigenvalue weighted by Crippen LogP contribution is 2.23. The quantitative estimate of drug-likeness (QED) is 0.570. The zero-order valence-electron chi connectivity index (χ0n) is 13.7. The average molecular weight is 323 g/mol. The number of hydrogen-bond acceptors (Lipinski definition) is 2. The Hall–Kier alpha value is -0.893. The van der Waals surface area contributed by atoms with Gasteiger partial charge in [0.2, 0.25) is 0 Å². The molecule has 1 aromatic carbocycles. The van der Waals surface area contributed by atoms with Crippen LogP contribution in [0, 0.1) is 18.1 Å². The van der Waals surface area contributed by atoms with Crippen molar-refractivity contribution < 1.29 is 8.63 Å². The molecule has 1 aromatic rings. The smallest absolute Gasteiger partial charge is 0.193 e. The van der Waals surface area contributed by atoms with Crippen LogP contribution in [0.4, 0.5) is 0 Å². The van der Waals surface area contributed by atoms with E-state index in [-0.39, 0.29) is 6.10 Å². The van der Waals surface area contributed by atoms with E-state index in [9.17, 15) is 4.21 Å². The summed E-state index contributed by atoms with van der Waals surface area (Å²) in [5, 5.41) is 2.83. The van der Waals surface area contributed by atoms with Crippen molar-refractivity contribution in [2.75, 3.05) is 0 Å². The summed E-state index contributed by atoms with van der Waals surface area (Å²) in [6.45, 7) is 10.6. The van der Waals surface area contributed by atoms with Crippen molar-refractivity contribution in [1.82, 2.24) is 0 Å². The normalized spacial score (nSPS) is 14.1. The van der Waals surface area contributed by atoms with Crippen LogP contribution in [0.15, 0.2) is 29.2 Å². The van der Waals surface area contributed by atoms with Gasteiger partial charge in [-0.1, -0.05) is 44.4 Å². The first-order valence-corrected chi connectivity index (χ1v) is 11.3. The molecule has 4 heteroatoms. The topological polar surface area (TPSA) is 26.3 Å². The molecule has 0 saturated heterocycles. The lowest BCUT2D eigenvalue weighted by Gasteiger charge is -2.29. The Morgan fingerprint density at radius 2 is 1.67 bits per heavy atom. The number of benzene rings is 1. The maximum Gasteiger partial charge on any atom is 0.193 e. The van der Waals surface area contributed by atoms with Crippen LogP contribution < -0.4 is 0 Å². The van der Waals surface area contributed by atoms with E-state index in [1.165, 1.54) is 0 Å². The molecule has 2 nitrogen and oxygen atoms in total. The predicted molar refractivity (Wildman–Crippen MR) is 93.1 cm³/mol. The number of hydrogen-bond donors (Lipinski definition) is 0. The van der Waals surface area contributed by atoms with Crippen LogP contribution >= 0.6 is 0 Å². The molecule has 116 valence electrons. The molecule has 0 aliphatic heterocycles. The molecule has 0 aromatic heterocycles. The van der Waals surface area contributed by atoms with Crippen molar-refractivity contribution >= 4 is 19.1 Å². The Bertz CT molecular complexity index is 516. The van der Waals surface area contributed by atoms with E-state index in [0.717, 1.165) is 28.6 Å². The van der Waals surface area contributed by atoms with Gasteiger partial charge >= 0.3 is 0 Å². The van der Waals surface area contributed by atoms with Gasteiger partial charge in [-0.3, -0.25) is 0 Å². The molecule has 0 radical (unpaired) electrons. The van der Waals surface area contributed by atoms with E-state index in [1.807, 2.05) is 38.1 Å². The third kappa shape index (κ3) is 5.42. The Kier molecular flexibility index (Phi) is 7.37. The molecule has 21 heavy (non-hydrogen) atoms. The van der Waals surface area contributed by atoms with Gasteiger partial charge in [0.05, 0.1) is 4.90 Å². The van der Waals surface area contributed by atoms with Gasteiger partial charge in [0.15, 0.2) is 8.32 Å². The fourth-order valence-electron chi connectivity index (χ4n) is 2.26. The summed E-state index contributed by atoms with van der Waals surface area (Å²) in [5.74, 6) is 3.02. The standard InChI is InChI=1S/C17H26O2SSi/c1-6-21(7-2,8-3)19-16(5)13-14-20(18)17-11-9-15(4)10-12-17/h9-12,16H,6-8H2,1-5H3/t16?,20-/m1/s1. The van der Waals surface area contributed by atoms with Crippen LogP contribution in [0.25, 0.3) is 0 Å². The van der Waals surface area contributed by atoms with Crippen molar-refractivity contribution in [3.8, 4) is 11.2 Å². The van der Waals surface area contributed by atoms with Gasteiger partial charge in [-0.05, 0) is 44.1 Å². The van der Waals surface area contributed by atoms with Gasteiger partial charge in [-0.15, -0.1) is 0 Å². The Balaban J connectivity index is 2.73. The van der Waals surface area contributed by atoms with Crippen LogP contribution in [0.3, 0.4) is 0 Å². The van der Waals surface area contributed by atoms with E-state index in [0.29, 0.717) is 0 Å². The molecule has 0 saturated carbocycles. The third-order valence-corrected chi connectivity index (χ3v) is 9.67. The highest BCUT2D eigenvalue weighted by atomic mass is 32.2. The second-order valence-corrected chi connectivity index (χ2v) is 11.3. The number of aryl methyl sites for hydroxylation is 1. The molecule has 0 aliphatic carbocycles. The van der Waals surface area contributed by atoms with Gasteiger partial charge < -0.3 is 4.43 Å². The summed E-state index contributed by atoms with van der Waals surface area (Å²) in [5.41, 5.74) is 1.16. The van der Waals surface area contributed by atoms with Gasteiger partial charge in [0, 0.05) is 5.25 Å². The summed E-state index contributed by atoms with van der Waals surface area (Å²) >= 11 is 0. The molecule has 1 unspecified atom stereocenters. The molecule has 1 rings (SSSR count). The van der Waals surface area contributed by atoms with E-state index < -0.39 is 19.1 Å². The van der Waals surface area contributed by atoms with E-state index in [2.05, 4.69) is 31.9 Å². The highest BCUT2D eigenvalue weighted by Gasteiger charge is 2.30. The fraction of sp³-hybridized carbons (Fsp3) is 0.529. The maximum atomic E-state index is 12.1. The van der Waals surface area contributed by atoms with E-state index in [1.54, 1.807) is 0 Å². The summed E-state index contributed by atoms with van der Waals surface area (Å²) in [4.78, 5) is 0.755. The molecule has 0 spiro atoms. The zero-order valence-corrected chi connectivity index (χ0v) is 15.5. The second-order valence-electron chi connectivity index (χ2n) is 5.33. The zero-order chi connectivity index (χ0) is 15.9. The predicted octanol–water partition coefficient (Wildman–Crippen LogP) is 4.47. The maximum absolute atomic E-state index is 12.1. The summed E-state index contributed by atoms with van der Waals surface area (Å²) < 4.78 is 18.3. The molecule has 0 fully saturated rings. The van der Waals surface area contributed by atoms with Crippen molar-refractivity contribution in [3.05, 3.63) is 29.8 Å². The van der Waals surface area contributed by atoms with Crippen LogP contribution in [0.5, 0.6) is 0 Å². The first-order valence-electron chi connectivity index (χ1n) is 7.63. The lowest BCUT2D eigenvalue weighted by molar-refractivity contribution is 0.261. The first kappa shape index (κ1) is 18.2. The minimum absolute atomic E-state index is 0.147. The monoisotopic (exact) mass is 322 g/mol. The highest BCUT2D eigenvalue weighted by molar-refractivity contribution is 7.89. The molecule has 0 N–H and O–H groups in total. The van der Waals surface area contributed by atoms with Crippen LogP contribution in [0.1, 0.15) is 33.3 Å². The molecule has 2 atom stereocenters. The summed E-state index contributed by atoms with van der Waals surface area (Å²) in [6.07, 6.45) is -0.147. The first-order chi connectivity index (χ1) is 9.96. The van der Waals surface area contributed by atoms with E-state index >= 15 is 0 Å². The average Bonchev–Trinajstić information content (AvgIpc) is 2.51. The van der Waals surface area contributed by atoms with Crippen LogP contribution in [0.2, 0.25) is 18.1 Å². The molecule has 0 aliphatic rings. The Morgan fingerprint density at radius 1 is 1.14 bits per heavy atom. The summed E-state index contributed by atoms with van der Waals surface area (Å²) in [6, 6.07) is 11.0. The van der Waals surface area contributed by atoms with Crippen LogP contribution in [-0.4, -0.2) is 18.6 Å². The fourth-order valence-corrected chi connectivity index (χ4v) is 5.84. The molecule has 0 heterocycles. The minimum atomic E-state index is -1.64. The molecular formula is C17H26O2SSi. The largest absolute Gasteiger partial charge is 0.404 e. The third-order valence-electron chi connectivity index (χ3n) is 3.95. The van der Waals surface area contributed by atoms with Crippen molar-refractivity contribution in [2.45, 2.75) is 63.8 Å². The SMILES string of the molecule is CC[Si](CC)(CC)OC(C)C#C[S@@](=O)c1ccc(C)cc1. The molecule has 0 amide bonds. The van der Waals surface area contributed by atoms with Crippen LogP contribution in [-0.2, 0) is 15.2 Å². The minimum Gasteiger partial charge on any atom is -0.404 e. The molecular weight excluding hydrogens is 296 g/mol. The lowest BCUT2D eigenvalue weighted by Crippen LogP contribution is -2.38. The Morgan fingerprint density at radius 3 is 2.14 bits per heavy atom. The van der Waals surface area contributed by atoms with Crippen molar-refractivity contribution in [3.63, 3.8) is 0 Å². The van der Waals surface area contributed by atoms with Gasteiger partial charge in [0.25, 0.3) is 0 Å². The van der Waals surface area contributed by atoms with Crippen molar-refractivity contribution in [1.29, 1.82) is 0 Å². The van der Waals surface area contributed by atoms with E-state index in [4.69, 9.17) is 4.43 Å².